The molecule has 1 aliphatic heterocycles. The molecule has 7 aromatic rings. The summed E-state index contributed by atoms with van der Waals surface area (Å²) in [4.78, 5) is 15.3. The van der Waals surface area contributed by atoms with E-state index in [1.54, 1.807) is 0 Å². The summed E-state index contributed by atoms with van der Waals surface area (Å²) in [5.41, 5.74) is 2.74. The van der Waals surface area contributed by atoms with Gasteiger partial charge < -0.3 is 9.31 Å². The summed E-state index contributed by atoms with van der Waals surface area (Å²) in [5, 5.41) is 6.88. The van der Waals surface area contributed by atoms with Gasteiger partial charge in [-0.2, -0.15) is 0 Å². The minimum absolute atomic E-state index is 0.480. The van der Waals surface area contributed by atoms with Gasteiger partial charge in [0.2, 0.25) is 0 Å². The maximum atomic E-state index is 6.60. The molecule has 1 aliphatic rings. The first kappa shape index (κ1) is 27.6. The van der Waals surface area contributed by atoms with Crippen LogP contribution in [-0.2, 0) is 9.31 Å². The predicted octanol–water partition coefficient (Wildman–Crippen LogP) is 8.63. The fourth-order valence-corrected chi connectivity index (χ4v) is 6.28. The molecule has 218 valence electrons. The van der Waals surface area contributed by atoms with Crippen LogP contribution >= 0.6 is 0 Å². The molecule has 5 nitrogen and oxygen atoms in total. The Morgan fingerprint density at radius 1 is 0.467 bits per heavy atom. The average molecular weight is 586 g/mol. The van der Waals surface area contributed by atoms with E-state index in [2.05, 4.69) is 88.4 Å². The van der Waals surface area contributed by atoms with Crippen molar-refractivity contribution in [3.63, 3.8) is 0 Å². The molecule has 6 heteroatoms. The Morgan fingerprint density at radius 2 is 0.889 bits per heavy atom. The third kappa shape index (κ3) is 4.60. The topological polar surface area (TPSA) is 57.1 Å². The lowest BCUT2D eigenvalue weighted by Gasteiger charge is -2.32. The second kappa shape index (κ2) is 10.3. The summed E-state index contributed by atoms with van der Waals surface area (Å²) in [7, 11) is -0.549. The highest BCUT2D eigenvalue weighted by atomic mass is 16.7. The molecule has 0 unspecified atom stereocenters. The molecule has 45 heavy (non-hydrogen) atoms. The lowest BCUT2D eigenvalue weighted by atomic mass is 9.76. The molecule has 0 radical (unpaired) electrons. The first-order valence-corrected chi connectivity index (χ1v) is 15.4. The van der Waals surface area contributed by atoms with Gasteiger partial charge in [0.05, 0.1) is 11.2 Å². The van der Waals surface area contributed by atoms with Gasteiger partial charge in [-0.3, -0.25) is 0 Å². The van der Waals surface area contributed by atoms with Gasteiger partial charge in [-0.25, -0.2) is 15.0 Å². The quantitative estimate of drug-likeness (QED) is 0.153. The van der Waals surface area contributed by atoms with Gasteiger partial charge in [-0.1, -0.05) is 121 Å². The second-order valence-corrected chi connectivity index (χ2v) is 12.7. The normalized spacial score (nSPS) is 15.7. The van der Waals surface area contributed by atoms with Crippen LogP contribution in [0.5, 0.6) is 0 Å². The van der Waals surface area contributed by atoms with Crippen molar-refractivity contribution in [1.82, 2.24) is 15.0 Å². The SMILES string of the molecule is CC1(C)OB(c2cc(-c3nc(-c4ccccc4)nc(-c4ccccc4)n3)c3c4ccccc4c4ccccc4c3c2)OC1(C)C. The Kier molecular flexibility index (Phi) is 6.35. The summed E-state index contributed by atoms with van der Waals surface area (Å²) >= 11 is 0. The number of benzene rings is 6. The van der Waals surface area contributed by atoms with Crippen molar-refractivity contribution in [3.8, 4) is 34.2 Å². The summed E-state index contributed by atoms with van der Waals surface area (Å²) in [6.45, 7) is 8.34. The number of hydrogen-bond donors (Lipinski definition) is 0. The Hall–Kier alpha value is -4.91. The fourth-order valence-electron chi connectivity index (χ4n) is 6.28. The van der Waals surface area contributed by atoms with E-state index in [9.17, 15) is 0 Å². The Labute approximate surface area is 263 Å². The van der Waals surface area contributed by atoms with E-state index in [-0.39, 0.29) is 0 Å². The molecule has 0 saturated carbocycles. The van der Waals surface area contributed by atoms with E-state index in [1.165, 1.54) is 10.8 Å². The standard InChI is InChI=1S/C39H32BN3O2/c1-38(2)39(3,4)45-40(44-38)27-23-32-30-21-12-11-19-28(30)29-20-13-14-22-31(29)34(32)33(24-27)37-42-35(25-15-7-5-8-16-25)41-36(43-37)26-17-9-6-10-18-26/h5-24H,1-4H3. The van der Waals surface area contributed by atoms with Crippen molar-refractivity contribution >= 4 is 44.9 Å². The molecule has 0 bridgehead atoms. The molecule has 0 spiro atoms. The lowest BCUT2D eigenvalue weighted by Crippen LogP contribution is -2.41. The highest BCUT2D eigenvalue weighted by Crippen LogP contribution is 2.41. The van der Waals surface area contributed by atoms with Crippen molar-refractivity contribution in [2.45, 2.75) is 38.9 Å². The van der Waals surface area contributed by atoms with E-state index in [4.69, 9.17) is 24.3 Å². The summed E-state index contributed by atoms with van der Waals surface area (Å²) in [6, 6.07) is 41.8. The van der Waals surface area contributed by atoms with Crippen LogP contribution in [0.1, 0.15) is 27.7 Å². The van der Waals surface area contributed by atoms with Gasteiger partial charge in [0.1, 0.15) is 0 Å². The van der Waals surface area contributed by atoms with E-state index < -0.39 is 18.3 Å². The van der Waals surface area contributed by atoms with Crippen LogP contribution in [-0.4, -0.2) is 33.3 Å². The first-order chi connectivity index (χ1) is 21.8. The van der Waals surface area contributed by atoms with Crippen molar-refractivity contribution in [1.29, 1.82) is 0 Å². The van der Waals surface area contributed by atoms with Crippen LogP contribution in [0.3, 0.4) is 0 Å². The number of aromatic nitrogens is 3. The Balaban J connectivity index is 1.49. The maximum absolute atomic E-state index is 6.60. The maximum Gasteiger partial charge on any atom is 0.494 e. The van der Waals surface area contributed by atoms with E-state index >= 15 is 0 Å². The summed E-state index contributed by atoms with van der Waals surface area (Å²) in [6.07, 6.45) is 0. The molecule has 0 aliphatic carbocycles. The smallest absolute Gasteiger partial charge is 0.399 e. The molecular weight excluding hydrogens is 553 g/mol. The number of nitrogens with zero attached hydrogens (tertiary/aromatic N) is 3. The van der Waals surface area contributed by atoms with Gasteiger partial charge in [-0.05, 0) is 60.1 Å². The van der Waals surface area contributed by atoms with Crippen LogP contribution < -0.4 is 5.46 Å². The molecule has 0 amide bonds. The number of rotatable bonds is 4. The van der Waals surface area contributed by atoms with Gasteiger partial charge in [0.15, 0.2) is 17.5 Å². The average Bonchev–Trinajstić information content (AvgIpc) is 3.30. The minimum Gasteiger partial charge on any atom is -0.399 e. The highest BCUT2D eigenvalue weighted by molar-refractivity contribution is 6.63. The van der Waals surface area contributed by atoms with Crippen molar-refractivity contribution in [2.75, 3.05) is 0 Å². The number of hydrogen-bond acceptors (Lipinski definition) is 5. The Bertz CT molecular complexity index is 2160. The van der Waals surface area contributed by atoms with Gasteiger partial charge in [-0.15, -0.1) is 0 Å². The second-order valence-electron chi connectivity index (χ2n) is 12.7. The van der Waals surface area contributed by atoms with Gasteiger partial charge in [0.25, 0.3) is 0 Å². The zero-order chi connectivity index (χ0) is 30.8. The molecule has 1 saturated heterocycles. The molecule has 0 N–H and O–H groups in total. The monoisotopic (exact) mass is 585 g/mol. The van der Waals surface area contributed by atoms with E-state index in [0.29, 0.717) is 17.5 Å². The number of fused-ring (bicyclic) bond motifs is 6. The molecule has 6 aromatic carbocycles. The minimum atomic E-state index is -0.549. The molecule has 0 atom stereocenters. The van der Waals surface area contributed by atoms with E-state index in [1.807, 2.05) is 60.7 Å². The molecule has 8 rings (SSSR count). The largest absolute Gasteiger partial charge is 0.494 e. The van der Waals surface area contributed by atoms with Crippen LogP contribution in [0, 0.1) is 0 Å². The highest BCUT2D eigenvalue weighted by Gasteiger charge is 2.52. The molecule has 1 aromatic heterocycles. The zero-order valence-corrected chi connectivity index (χ0v) is 25.8. The Morgan fingerprint density at radius 3 is 1.42 bits per heavy atom. The predicted molar refractivity (Wildman–Crippen MR) is 184 cm³/mol. The third-order valence-corrected chi connectivity index (χ3v) is 9.33. The van der Waals surface area contributed by atoms with Crippen LogP contribution in [0.25, 0.3) is 66.5 Å². The lowest BCUT2D eigenvalue weighted by molar-refractivity contribution is 0.00578. The van der Waals surface area contributed by atoms with Crippen molar-refractivity contribution in [2.24, 2.45) is 0 Å². The summed E-state index contributed by atoms with van der Waals surface area (Å²) in [5.74, 6) is 1.85. The summed E-state index contributed by atoms with van der Waals surface area (Å²) < 4.78 is 13.2. The third-order valence-electron chi connectivity index (χ3n) is 9.33. The van der Waals surface area contributed by atoms with Gasteiger partial charge >= 0.3 is 7.12 Å². The van der Waals surface area contributed by atoms with Crippen LogP contribution in [0.2, 0.25) is 0 Å². The van der Waals surface area contributed by atoms with Crippen molar-refractivity contribution in [3.05, 3.63) is 121 Å². The van der Waals surface area contributed by atoms with E-state index in [0.717, 1.165) is 43.7 Å². The van der Waals surface area contributed by atoms with Gasteiger partial charge in [0, 0.05) is 22.1 Å². The molecular formula is C39H32BN3O2. The van der Waals surface area contributed by atoms with Crippen LogP contribution in [0.15, 0.2) is 121 Å². The van der Waals surface area contributed by atoms with Crippen molar-refractivity contribution < 1.29 is 9.31 Å². The first-order valence-electron chi connectivity index (χ1n) is 15.4. The molecule has 2 heterocycles. The zero-order valence-electron chi connectivity index (χ0n) is 25.8. The molecule has 1 fully saturated rings. The van der Waals surface area contributed by atoms with Crippen LogP contribution in [0.4, 0.5) is 0 Å². The fraction of sp³-hybridized carbons (Fsp3) is 0.154.